The second-order valence-corrected chi connectivity index (χ2v) is 6.80. The van der Waals surface area contributed by atoms with Gasteiger partial charge in [0.05, 0.1) is 4.91 Å². The summed E-state index contributed by atoms with van der Waals surface area (Å²) in [6, 6.07) is 7.02. The number of thiocarbonyl (C=S) groups is 1. The Hall–Kier alpha value is -0.940. The number of hydrogen-bond acceptors (Lipinski definition) is 4. The fraction of sp³-hybridized carbons (Fsp3) is 0.0833. The lowest BCUT2D eigenvalue weighted by molar-refractivity contribution is -0.182. The first kappa shape index (κ1) is 16.4. The van der Waals surface area contributed by atoms with Crippen LogP contribution in [0.2, 0.25) is 0 Å². The van der Waals surface area contributed by atoms with Crippen LogP contribution in [0.3, 0.4) is 0 Å². The van der Waals surface area contributed by atoms with Gasteiger partial charge in [0.1, 0.15) is 0 Å². The maximum atomic E-state index is 12.4. The van der Waals surface area contributed by atoms with Crippen molar-refractivity contribution in [2.75, 3.05) is 0 Å². The Balaban J connectivity index is 2.32. The monoisotopic (exact) mass is 443 g/mol. The Morgan fingerprint density at radius 1 is 1.38 bits per heavy atom. The molecule has 1 aromatic carbocycles. The van der Waals surface area contributed by atoms with Crippen LogP contribution < -0.4 is 0 Å². The zero-order valence-corrected chi connectivity index (χ0v) is 13.8. The molecule has 1 aliphatic heterocycles. The predicted octanol–water partition coefficient (Wildman–Crippen LogP) is 3.58. The SMILES string of the molecule is O=C1/C(=C/c2cccc(I)c2)SC(=S)N1C(=O)C(F)(F)F. The fourth-order valence-corrected chi connectivity index (χ4v) is 3.34. The van der Waals surface area contributed by atoms with Crippen LogP contribution in [-0.2, 0) is 9.59 Å². The quantitative estimate of drug-likeness (QED) is 0.378. The molecule has 0 aliphatic carbocycles. The fourth-order valence-electron chi connectivity index (χ4n) is 1.52. The van der Waals surface area contributed by atoms with Crippen LogP contribution in [-0.4, -0.2) is 27.2 Å². The largest absolute Gasteiger partial charge is 0.472 e. The van der Waals surface area contributed by atoms with E-state index in [0.29, 0.717) is 17.3 Å². The zero-order chi connectivity index (χ0) is 15.8. The van der Waals surface area contributed by atoms with Crippen molar-refractivity contribution in [3.63, 3.8) is 0 Å². The third-order valence-electron chi connectivity index (χ3n) is 2.39. The summed E-state index contributed by atoms with van der Waals surface area (Å²) in [5, 5.41) is 0. The topological polar surface area (TPSA) is 37.4 Å². The molecular formula is C12H5F3INO2S2. The summed E-state index contributed by atoms with van der Waals surface area (Å²) in [7, 11) is 0. The number of imide groups is 1. The Morgan fingerprint density at radius 3 is 2.62 bits per heavy atom. The van der Waals surface area contributed by atoms with Crippen molar-refractivity contribution in [1.82, 2.24) is 4.90 Å². The summed E-state index contributed by atoms with van der Waals surface area (Å²) in [5.41, 5.74) is 0.641. The van der Waals surface area contributed by atoms with Gasteiger partial charge in [-0.2, -0.15) is 13.2 Å². The molecule has 2 rings (SSSR count). The molecule has 1 heterocycles. The summed E-state index contributed by atoms with van der Waals surface area (Å²) in [6.45, 7) is 0. The van der Waals surface area contributed by atoms with E-state index in [1.807, 2.05) is 6.07 Å². The molecule has 1 fully saturated rings. The van der Waals surface area contributed by atoms with Gasteiger partial charge in [-0.1, -0.05) is 36.1 Å². The van der Waals surface area contributed by atoms with E-state index in [4.69, 9.17) is 0 Å². The van der Waals surface area contributed by atoms with Gasteiger partial charge in [0.2, 0.25) is 0 Å². The van der Waals surface area contributed by atoms with Crippen LogP contribution in [0, 0.1) is 3.57 Å². The average molecular weight is 443 g/mol. The number of thioether (sulfide) groups is 1. The first-order valence-electron chi connectivity index (χ1n) is 5.35. The molecule has 0 atom stereocenters. The van der Waals surface area contributed by atoms with Gasteiger partial charge >= 0.3 is 12.1 Å². The van der Waals surface area contributed by atoms with Gasteiger partial charge in [0.15, 0.2) is 4.32 Å². The highest BCUT2D eigenvalue weighted by Crippen LogP contribution is 2.35. The van der Waals surface area contributed by atoms with Crippen molar-refractivity contribution >= 4 is 68.8 Å². The van der Waals surface area contributed by atoms with Crippen molar-refractivity contribution in [3.8, 4) is 0 Å². The molecule has 0 saturated carbocycles. The molecule has 0 aromatic heterocycles. The molecular weight excluding hydrogens is 438 g/mol. The molecule has 0 bridgehead atoms. The average Bonchev–Trinajstić information content (AvgIpc) is 2.62. The minimum absolute atomic E-state index is 0.0141. The molecule has 1 aliphatic rings. The Bertz CT molecular complexity index is 673. The maximum Gasteiger partial charge on any atom is 0.472 e. The number of alkyl halides is 3. The van der Waals surface area contributed by atoms with Gasteiger partial charge in [0.25, 0.3) is 5.91 Å². The molecule has 9 heteroatoms. The molecule has 3 nitrogen and oxygen atoms in total. The summed E-state index contributed by atoms with van der Waals surface area (Å²) in [4.78, 5) is 23.1. The van der Waals surface area contributed by atoms with Crippen molar-refractivity contribution in [2.45, 2.75) is 6.18 Å². The van der Waals surface area contributed by atoms with Crippen LogP contribution in [0.25, 0.3) is 6.08 Å². The van der Waals surface area contributed by atoms with E-state index in [1.54, 1.807) is 18.2 Å². The van der Waals surface area contributed by atoms with Crippen LogP contribution in [0.1, 0.15) is 5.56 Å². The number of benzene rings is 1. The zero-order valence-electron chi connectivity index (χ0n) is 9.98. The lowest BCUT2D eigenvalue weighted by Crippen LogP contribution is -2.43. The molecule has 1 aromatic rings. The number of nitrogens with zero attached hydrogens (tertiary/aromatic N) is 1. The Morgan fingerprint density at radius 2 is 2.05 bits per heavy atom. The minimum atomic E-state index is -5.14. The van der Waals surface area contributed by atoms with E-state index in [0.717, 1.165) is 3.57 Å². The summed E-state index contributed by atoms with van der Waals surface area (Å²) < 4.78 is 37.8. The third kappa shape index (κ3) is 3.64. The van der Waals surface area contributed by atoms with Gasteiger partial charge in [-0.25, -0.2) is 4.90 Å². The molecule has 21 heavy (non-hydrogen) atoms. The highest BCUT2D eigenvalue weighted by atomic mass is 127. The predicted molar refractivity (Wildman–Crippen MR) is 85.2 cm³/mol. The van der Waals surface area contributed by atoms with Crippen LogP contribution in [0.4, 0.5) is 13.2 Å². The first-order valence-corrected chi connectivity index (χ1v) is 7.65. The summed E-state index contributed by atoms with van der Waals surface area (Å²) >= 11 is 7.43. The molecule has 0 radical (unpaired) electrons. The minimum Gasteiger partial charge on any atom is -0.268 e. The normalized spacial score (nSPS) is 17.7. The molecule has 0 unspecified atom stereocenters. The van der Waals surface area contributed by atoms with Crippen molar-refractivity contribution in [3.05, 3.63) is 38.3 Å². The molecule has 0 N–H and O–H groups in total. The smallest absolute Gasteiger partial charge is 0.268 e. The number of hydrogen-bond donors (Lipinski definition) is 0. The van der Waals surface area contributed by atoms with Crippen LogP contribution >= 0.6 is 46.6 Å². The standard InChI is InChI=1S/C12H5F3INO2S2/c13-12(14,15)10(19)17-9(18)8(21-11(17)20)5-6-2-1-3-7(16)4-6/h1-5H/b8-5-. The van der Waals surface area contributed by atoms with E-state index in [-0.39, 0.29) is 9.81 Å². The van der Waals surface area contributed by atoms with Gasteiger partial charge in [0, 0.05) is 3.57 Å². The van der Waals surface area contributed by atoms with E-state index >= 15 is 0 Å². The van der Waals surface area contributed by atoms with Gasteiger partial charge in [-0.15, -0.1) is 0 Å². The number of rotatable bonds is 1. The molecule has 1 saturated heterocycles. The first-order chi connectivity index (χ1) is 9.70. The maximum absolute atomic E-state index is 12.4. The highest BCUT2D eigenvalue weighted by Gasteiger charge is 2.49. The number of carbonyl (C=O) groups is 2. The Kier molecular flexibility index (Phi) is 4.73. The van der Waals surface area contributed by atoms with Gasteiger partial charge in [-0.05, 0) is 46.4 Å². The summed E-state index contributed by atoms with van der Waals surface area (Å²) in [5.74, 6) is -3.32. The van der Waals surface area contributed by atoms with Crippen LogP contribution in [0.15, 0.2) is 29.2 Å². The van der Waals surface area contributed by atoms with E-state index in [1.165, 1.54) is 6.08 Å². The second kappa shape index (κ2) is 6.05. The number of amides is 2. The van der Waals surface area contributed by atoms with Gasteiger partial charge < -0.3 is 0 Å². The lowest BCUT2D eigenvalue weighted by Gasteiger charge is -2.13. The lowest BCUT2D eigenvalue weighted by atomic mass is 10.2. The van der Waals surface area contributed by atoms with Crippen LogP contribution in [0.5, 0.6) is 0 Å². The van der Waals surface area contributed by atoms with E-state index in [9.17, 15) is 22.8 Å². The van der Waals surface area contributed by atoms with Gasteiger partial charge in [-0.3, -0.25) is 9.59 Å². The second-order valence-electron chi connectivity index (χ2n) is 3.88. The van der Waals surface area contributed by atoms with Crippen molar-refractivity contribution < 1.29 is 22.8 Å². The van der Waals surface area contributed by atoms with Crippen molar-refractivity contribution in [1.29, 1.82) is 0 Å². The highest BCUT2D eigenvalue weighted by molar-refractivity contribution is 14.1. The Labute approximate surface area is 140 Å². The third-order valence-corrected chi connectivity index (χ3v) is 4.36. The molecule has 110 valence electrons. The van der Waals surface area contributed by atoms with E-state index < -0.39 is 22.3 Å². The molecule has 0 spiro atoms. The molecule has 2 amide bonds. The van der Waals surface area contributed by atoms with Crippen molar-refractivity contribution in [2.24, 2.45) is 0 Å². The number of carbonyl (C=O) groups excluding carboxylic acids is 2. The number of halogens is 4. The summed E-state index contributed by atoms with van der Waals surface area (Å²) in [6.07, 6.45) is -3.73. The van der Waals surface area contributed by atoms with E-state index in [2.05, 4.69) is 34.8 Å².